The number of ether oxygens (including phenoxy) is 1. The Hall–Kier alpha value is -1.11. The number of hydrogen-bond donors (Lipinski definition) is 1. The molecule has 0 radical (unpaired) electrons. The maximum Gasteiger partial charge on any atom is 0.216 e. The standard InChI is InChI=1S/C21H37N5O3S.HI/c1-6-22-21(23-17-19-7-9-20(10-8-19)24(4)5)25-11-13-26(14-12-25)30(27,28)16-15-29-18(2)3;/h7-10,18H,6,11-17H2,1-5H3,(H,22,23);1H. The van der Waals surface area contributed by atoms with Gasteiger partial charge in [0.1, 0.15) is 0 Å². The van der Waals surface area contributed by atoms with Gasteiger partial charge in [0.25, 0.3) is 0 Å². The summed E-state index contributed by atoms with van der Waals surface area (Å²) in [7, 11) is 0.753. The number of rotatable bonds is 9. The lowest BCUT2D eigenvalue weighted by Gasteiger charge is -2.36. The van der Waals surface area contributed by atoms with Gasteiger partial charge in [-0.05, 0) is 38.5 Å². The van der Waals surface area contributed by atoms with Crippen LogP contribution in [0.5, 0.6) is 0 Å². The molecular formula is C21H38IN5O3S. The Balaban J connectivity index is 0.00000480. The van der Waals surface area contributed by atoms with Crippen molar-refractivity contribution >= 4 is 45.6 Å². The maximum absolute atomic E-state index is 12.5. The number of hydrogen-bond acceptors (Lipinski definition) is 5. The largest absolute Gasteiger partial charge is 0.378 e. The van der Waals surface area contributed by atoms with Gasteiger partial charge < -0.3 is 19.9 Å². The third-order valence-corrected chi connectivity index (χ3v) is 6.76. The van der Waals surface area contributed by atoms with Crippen LogP contribution in [0.3, 0.4) is 0 Å². The summed E-state index contributed by atoms with van der Waals surface area (Å²) in [5, 5.41) is 3.33. The lowest BCUT2D eigenvalue weighted by Crippen LogP contribution is -2.54. The molecule has 2 rings (SSSR count). The van der Waals surface area contributed by atoms with E-state index in [1.165, 1.54) is 0 Å². The smallest absolute Gasteiger partial charge is 0.216 e. The van der Waals surface area contributed by atoms with Gasteiger partial charge in [0, 0.05) is 52.5 Å². The van der Waals surface area contributed by atoms with E-state index in [0.29, 0.717) is 32.7 Å². The zero-order valence-electron chi connectivity index (χ0n) is 19.4. The number of halogens is 1. The van der Waals surface area contributed by atoms with Crippen molar-refractivity contribution in [1.29, 1.82) is 0 Å². The highest BCUT2D eigenvalue weighted by Gasteiger charge is 2.28. The fourth-order valence-corrected chi connectivity index (χ4v) is 4.47. The van der Waals surface area contributed by atoms with Crippen molar-refractivity contribution in [2.75, 3.05) is 64.1 Å². The Morgan fingerprint density at radius 1 is 1.16 bits per heavy atom. The molecule has 1 aromatic rings. The molecule has 0 atom stereocenters. The lowest BCUT2D eigenvalue weighted by atomic mass is 10.2. The monoisotopic (exact) mass is 567 g/mol. The molecule has 1 aliphatic rings. The van der Waals surface area contributed by atoms with Gasteiger partial charge in [-0.15, -0.1) is 24.0 Å². The zero-order chi connectivity index (χ0) is 22.1. The first-order valence-corrected chi connectivity index (χ1v) is 12.2. The average Bonchev–Trinajstić information content (AvgIpc) is 2.71. The quantitative estimate of drug-likeness (QED) is 0.280. The zero-order valence-corrected chi connectivity index (χ0v) is 22.5. The first kappa shape index (κ1) is 27.9. The molecule has 1 aliphatic heterocycles. The van der Waals surface area contributed by atoms with Gasteiger partial charge in [-0.25, -0.2) is 13.4 Å². The van der Waals surface area contributed by atoms with Crippen molar-refractivity contribution < 1.29 is 13.2 Å². The summed E-state index contributed by atoms with van der Waals surface area (Å²) in [4.78, 5) is 8.97. The summed E-state index contributed by atoms with van der Waals surface area (Å²) >= 11 is 0. The van der Waals surface area contributed by atoms with E-state index in [2.05, 4.69) is 39.4 Å². The number of anilines is 1. The Bertz CT molecular complexity index is 777. The van der Waals surface area contributed by atoms with Crippen molar-refractivity contribution in [3.8, 4) is 0 Å². The van der Waals surface area contributed by atoms with E-state index < -0.39 is 10.0 Å². The fraction of sp³-hybridized carbons (Fsp3) is 0.667. The minimum atomic E-state index is -3.29. The predicted molar refractivity (Wildman–Crippen MR) is 139 cm³/mol. The third kappa shape index (κ3) is 9.11. The van der Waals surface area contributed by atoms with Gasteiger partial charge in [0.2, 0.25) is 10.0 Å². The van der Waals surface area contributed by atoms with E-state index in [9.17, 15) is 8.42 Å². The van der Waals surface area contributed by atoms with Crippen molar-refractivity contribution in [2.45, 2.75) is 33.4 Å². The van der Waals surface area contributed by atoms with Gasteiger partial charge in [-0.1, -0.05) is 12.1 Å². The number of sulfonamides is 1. The van der Waals surface area contributed by atoms with Crippen molar-refractivity contribution in [3.05, 3.63) is 29.8 Å². The normalized spacial score (nSPS) is 15.7. The number of nitrogens with one attached hydrogen (secondary N) is 1. The molecule has 0 amide bonds. The Morgan fingerprint density at radius 2 is 1.77 bits per heavy atom. The van der Waals surface area contributed by atoms with Crippen molar-refractivity contribution in [2.24, 2.45) is 4.99 Å². The molecule has 0 spiro atoms. The van der Waals surface area contributed by atoms with E-state index in [-0.39, 0.29) is 42.4 Å². The maximum atomic E-state index is 12.5. The molecule has 1 fully saturated rings. The molecule has 8 nitrogen and oxygen atoms in total. The summed E-state index contributed by atoms with van der Waals surface area (Å²) in [6.45, 7) is 9.61. The Labute approximate surface area is 205 Å². The van der Waals surface area contributed by atoms with Gasteiger partial charge in [-0.2, -0.15) is 4.31 Å². The van der Waals surface area contributed by atoms with E-state index in [0.717, 1.165) is 23.8 Å². The molecule has 178 valence electrons. The van der Waals surface area contributed by atoms with Gasteiger partial charge in [-0.3, -0.25) is 0 Å². The highest BCUT2D eigenvalue weighted by molar-refractivity contribution is 14.0. The van der Waals surface area contributed by atoms with E-state index in [4.69, 9.17) is 9.73 Å². The summed E-state index contributed by atoms with van der Waals surface area (Å²) in [5.74, 6) is 0.858. The number of aliphatic imine (C=N–C) groups is 1. The molecule has 0 unspecified atom stereocenters. The predicted octanol–water partition coefficient (Wildman–Crippen LogP) is 2.21. The highest BCUT2D eigenvalue weighted by atomic mass is 127. The Kier molecular flexibility index (Phi) is 12.1. The summed E-state index contributed by atoms with van der Waals surface area (Å²) in [6.07, 6.45) is 0.0371. The molecule has 10 heteroatoms. The minimum Gasteiger partial charge on any atom is -0.378 e. The molecule has 1 aromatic carbocycles. The number of nitrogens with zero attached hydrogens (tertiary/aromatic N) is 4. The molecule has 1 saturated heterocycles. The SMILES string of the molecule is CCNC(=NCc1ccc(N(C)C)cc1)N1CCN(S(=O)(=O)CCOC(C)C)CC1.I. The third-order valence-electron chi connectivity index (χ3n) is 4.92. The molecule has 1 N–H and O–H groups in total. The van der Waals surface area contributed by atoms with Crippen molar-refractivity contribution in [1.82, 2.24) is 14.5 Å². The fourth-order valence-electron chi connectivity index (χ4n) is 3.19. The molecule has 0 aliphatic carbocycles. The van der Waals surface area contributed by atoms with Crippen molar-refractivity contribution in [3.63, 3.8) is 0 Å². The van der Waals surface area contributed by atoms with E-state index >= 15 is 0 Å². The molecule has 31 heavy (non-hydrogen) atoms. The van der Waals surface area contributed by atoms with E-state index in [1.54, 1.807) is 4.31 Å². The van der Waals surface area contributed by atoms with Crippen LogP contribution < -0.4 is 10.2 Å². The molecule has 0 bridgehead atoms. The lowest BCUT2D eigenvalue weighted by molar-refractivity contribution is 0.0904. The van der Waals surface area contributed by atoms with Crippen LogP contribution >= 0.6 is 24.0 Å². The van der Waals surface area contributed by atoms with Crippen LogP contribution in [0.4, 0.5) is 5.69 Å². The van der Waals surface area contributed by atoms with Gasteiger partial charge >= 0.3 is 0 Å². The minimum absolute atomic E-state index is 0. The van der Waals surface area contributed by atoms with Crippen LogP contribution in [0.1, 0.15) is 26.3 Å². The Morgan fingerprint density at radius 3 is 2.29 bits per heavy atom. The van der Waals surface area contributed by atoms with E-state index in [1.807, 2.05) is 34.9 Å². The first-order chi connectivity index (χ1) is 14.2. The molecule has 0 saturated carbocycles. The molecular weight excluding hydrogens is 529 g/mol. The topological polar surface area (TPSA) is 77.5 Å². The number of piperazine rings is 1. The van der Waals surface area contributed by atoms with Crippen LogP contribution in [0.15, 0.2) is 29.3 Å². The van der Waals surface area contributed by atoms with Crippen LogP contribution in [0.25, 0.3) is 0 Å². The number of benzene rings is 1. The first-order valence-electron chi connectivity index (χ1n) is 10.6. The molecule has 1 heterocycles. The van der Waals surface area contributed by atoms with Gasteiger partial charge in [0.05, 0.1) is 25.0 Å². The summed E-state index contributed by atoms with van der Waals surface area (Å²) in [5.41, 5.74) is 2.30. The highest BCUT2D eigenvalue weighted by Crippen LogP contribution is 2.14. The van der Waals surface area contributed by atoms with Crippen LogP contribution in [0, 0.1) is 0 Å². The second-order valence-corrected chi connectivity index (χ2v) is 9.94. The summed E-state index contributed by atoms with van der Waals surface area (Å²) in [6, 6.07) is 8.35. The average molecular weight is 568 g/mol. The van der Waals surface area contributed by atoms with Crippen LogP contribution in [0.2, 0.25) is 0 Å². The van der Waals surface area contributed by atoms with Crippen LogP contribution in [-0.2, 0) is 21.3 Å². The van der Waals surface area contributed by atoms with Crippen LogP contribution in [-0.4, -0.2) is 88.9 Å². The number of guanidine groups is 1. The second kappa shape index (κ2) is 13.4. The van der Waals surface area contributed by atoms with Gasteiger partial charge in [0.15, 0.2) is 5.96 Å². The second-order valence-electron chi connectivity index (χ2n) is 7.85. The molecule has 0 aromatic heterocycles. The summed E-state index contributed by atoms with van der Waals surface area (Å²) < 4.78 is 32.0.